The van der Waals surface area contributed by atoms with Gasteiger partial charge in [-0.25, -0.2) is 18.8 Å². The Hall–Kier alpha value is -2.68. The van der Waals surface area contributed by atoms with E-state index >= 15 is 0 Å². The minimum Gasteiger partial charge on any atom is -0.458 e. The highest BCUT2D eigenvalue weighted by molar-refractivity contribution is 5.94. The fourth-order valence-electron chi connectivity index (χ4n) is 3.76. The fourth-order valence-corrected chi connectivity index (χ4v) is 3.76. The van der Waals surface area contributed by atoms with E-state index in [4.69, 9.17) is 14.2 Å². The largest absolute Gasteiger partial charge is 0.458 e. The Kier molecular flexibility index (Phi) is 9.74. The van der Waals surface area contributed by atoms with Gasteiger partial charge in [0.2, 0.25) is 0 Å². The zero-order valence-electron chi connectivity index (χ0n) is 23.6. The van der Waals surface area contributed by atoms with Crippen LogP contribution in [0.3, 0.4) is 0 Å². The average Bonchev–Trinajstić information content (AvgIpc) is 3.46. The van der Waals surface area contributed by atoms with Crippen molar-refractivity contribution in [2.75, 3.05) is 6.54 Å². The summed E-state index contributed by atoms with van der Waals surface area (Å²) in [6.45, 7) is 15.8. The number of halogens is 1. The van der Waals surface area contributed by atoms with Gasteiger partial charge in [-0.1, -0.05) is 12.1 Å². The zero-order valence-corrected chi connectivity index (χ0v) is 23.6. The molecule has 0 bridgehead atoms. The van der Waals surface area contributed by atoms with Gasteiger partial charge in [0.15, 0.2) is 0 Å². The second kappa shape index (κ2) is 11.8. The molecule has 2 amide bonds. The molecule has 9 heteroatoms. The van der Waals surface area contributed by atoms with Crippen molar-refractivity contribution in [3.8, 4) is 0 Å². The van der Waals surface area contributed by atoms with Gasteiger partial charge in [0.1, 0.15) is 28.7 Å². The third-order valence-corrected chi connectivity index (χ3v) is 5.32. The van der Waals surface area contributed by atoms with Crippen molar-refractivity contribution in [1.29, 1.82) is 0 Å². The van der Waals surface area contributed by atoms with Crippen molar-refractivity contribution in [1.82, 2.24) is 10.2 Å². The first-order chi connectivity index (χ1) is 16.9. The normalized spacial score (nSPS) is 18.5. The van der Waals surface area contributed by atoms with Gasteiger partial charge in [0.05, 0.1) is 0 Å². The van der Waals surface area contributed by atoms with Crippen LogP contribution in [-0.2, 0) is 19.0 Å². The molecule has 1 aliphatic rings. The summed E-state index contributed by atoms with van der Waals surface area (Å²) in [5, 5.41) is 3.44. The van der Waals surface area contributed by atoms with Crippen molar-refractivity contribution >= 4 is 18.2 Å². The monoisotopic (exact) mass is 522 g/mol. The molecule has 0 aromatic heterocycles. The molecule has 0 aliphatic heterocycles. The van der Waals surface area contributed by atoms with Crippen LogP contribution in [0, 0.1) is 5.82 Å². The first-order valence-electron chi connectivity index (χ1n) is 12.8. The molecule has 3 atom stereocenters. The Bertz CT molecular complexity index is 915. The number of hydrogen-bond acceptors (Lipinski definition) is 7. The van der Waals surface area contributed by atoms with Gasteiger partial charge in [-0.3, -0.25) is 0 Å². The second-order valence-electron chi connectivity index (χ2n) is 12.5. The lowest BCUT2D eigenvalue weighted by molar-refractivity contribution is -0.161. The van der Waals surface area contributed by atoms with Crippen molar-refractivity contribution in [3.63, 3.8) is 0 Å². The average molecular weight is 523 g/mol. The lowest BCUT2D eigenvalue weighted by atomic mass is 10.1. The molecule has 0 saturated heterocycles. The Labute approximate surface area is 220 Å². The molecule has 1 fully saturated rings. The van der Waals surface area contributed by atoms with E-state index in [2.05, 4.69) is 5.32 Å². The molecule has 1 N–H and O–H groups in total. The highest BCUT2D eigenvalue weighted by Gasteiger charge is 2.42. The highest BCUT2D eigenvalue weighted by atomic mass is 19.1. The number of ether oxygens (including phenoxy) is 3. The van der Waals surface area contributed by atoms with Crippen LogP contribution >= 0.6 is 0 Å². The number of esters is 1. The van der Waals surface area contributed by atoms with Gasteiger partial charge in [-0.2, -0.15) is 4.90 Å². The Balaban J connectivity index is 2.14. The summed E-state index contributed by atoms with van der Waals surface area (Å²) in [5.74, 6) is -0.663. The minimum absolute atomic E-state index is 0.161. The molecular weight excluding hydrogens is 479 g/mol. The number of rotatable bonds is 8. The minimum atomic E-state index is -1.22. The van der Waals surface area contributed by atoms with E-state index in [1.165, 1.54) is 12.1 Å². The predicted octanol–water partition coefficient (Wildman–Crippen LogP) is 5.93. The highest BCUT2D eigenvalue weighted by Crippen LogP contribution is 2.40. The van der Waals surface area contributed by atoms with Crippen LogP contribution in [0.15, 0.2) is 24.3 Å². The van der Waals surface area contributed by atoms with E-state index in [-0.39, 0.29) is 18.3 Å². The van der Waals surface area contributed by atoms with Crippen LogP contribution in [0.2, 0.25) is 0 Å². The van der Waals surface area contributed by atoms with Crippen LogP contribution in [-0.4, -0.2) is 58.5 Å². The number of imide groups is 1. The van der Waals surface area contributed by atoms with Crippen LogP contribution in [0.25, 0.3) is 0 Å². The Morgan fingerprint density at radius 3 is 1.84 bits per heavy atom. The van der Waals surface area contributed by atoms with Gasteiger partial charge >= 0.3 is 18.2 Å². The molecule has 1 saturated carbocycles. The quantitative estimate of drug-likeness (QED) is 0.257. The summed E-state index contributed by atoms with van der Waals surface area (Å²) < 4.78 is 29.7. The maximum atomic E-state index is 13.2. The number of amides is 2. The SMILES string of the molecule is CC(C)(C)OC(=O)[C@H](CCCN[C@@H]1C[C@H]1c1ccc(F)cc1)N(C(=O)OC(C)(C)C)C(=O)OC(C)(C)C. The fraction of sp³-hybridized carbons (Fsp3) is 0.679. The predicted molar refractivity (Wildman–Crippen MR) is 139 cm³/mol. The van der Waals surface area contributed by atoms with E-state index < -0.39 is 41.0 Å². The third-order valence-electron chi connectivity index (χ3n) is 5.32. The standard InChI is InChI=1S/C28H43FN2O6/c1-26(2,3)35-23(32)22(31(24(33)36-27(4,5)6)25(34)37-28(7,8)9)11-10-16-30-21-17-20(21)18-12-14-19(29)15-13-18/h12-15,20-22,30H,10-11,16-17H2,1-9H3/t20-,21+,22-/m0/s1. The number of nitrogens with zero attached hydrogens (tertiary/aromatic N) is 1. The smallest absolute Gasteiger partial charge is 0.420 e. The molecule has 2 rings (SSSR count). The number of carbonyl (C=O) groups excluding carboxylic acids is 3. The Morgan fingerprint density at radius 1 is 0.892 bits per heavy atom. The summed E-state index contributed by atoms with van der Waals surface area (Å²) >= 11 is 0. The van der Waals surface area contributed by atoms with Crippen molar-refractivity contribution in [2.24, 2.45) is 0 Å². The number of benzene rings is 1. The van der Waals surface area contributed by atoms with Crippen LogP contribution in [0.1, 0.15) is 93.1 Å². The van der Waals surface area contributed by atoms with Crippen LogP contribution < -0.4 is 5.32 Å². The molecule has 1 aromatic rings. The van der Waals surface area contributed by atoms with E-state index in [1.54, 1.807) is 74.4 Å². The molecule has 8 nitrogen and oxygen atoms in total. The maximum Gasteiger partial charge on any atom is 0.420 e. The lowest BCUT2D eigenvalue weighted by Crippen LogP contribution is -2.53. The van der Waals surface area contributed by atoms with Gasteiger partial charge in [-0.15, -0.1) is 0 Å². The molecular formula is C28H43FN2O6. The topological polar surface area (TPSA) is 94.2 Å². The van der Waals surface area contributed by atoms with Crippen molar-refractivity contribution in [2.45, 2.75) is 116 Å². The van der Waals surface area contributed by atoms with Gasteiger partial charge in [0.25, 0.3) is 0 Å². The lowest BCUT2D eigenvalue weighted by Gasteiger charge is -2.33. The van der Waals surface area contributed by atoms with E-state index in [9.17, 15) is 18.8 Å². The summed E-state index contributed by atoms with van der Waals surface area (Å²) in [4.78, 5) is 40.2. The molecule has 0 spiro atoms. The van der Waals surface area contributed by atoms with E-state index in [0.717, 1.165) is 16.9 Å². The Morgan fingerprint density at radius 2 is 1.38 bits per heavy atom. The summed E-state index contributed by atoms with van der Waals surface area (Å²) in [7, 11) is 0. The number of carbonyl (C=O) groups is 3. The first-order valence-corrected chi connectivity index (χ1v) is 12.8. The van der Waals surface area contributed by atoms with Crippen LogP contribution in [0.5, 0.6) is 0 Å². The molecule has 208 valence electrons. The first kappa shape index (κ1) is 30.5. The van der Waals surface area contributed by atoms with E-state index in [0.29, 0.717) is 18.9 Å². The number of nitrogens with one attached hydrogen (secondary N) is 1. The van der Waals surface area contributed by atoms with Gasteiger partial charge in [0, 0.05) is 12.0 Å². The van der Waals surface area contributed by atoms with Crippen molar-refractivity contribution < 1.29 is 33.0 Å². The summed E-state index contributed by atoms with van der Waals surface area (Å²) in [5.41, 5.74) is -1.53. The number of hydrogen-bond donors (Lipinski definition) is 1. The molecule has 0 radical (unpaired) electrons. The summed E-state index contributed by atoms with van der Waals surface area (Å²) in [6, 6.07) is 5.52. The van der Waals surface area contributed by atoms with Gasteiger partial charge in [-0.05, 0) is 106 Å². The molecule has 1 aliphatic carbocycles. The zero-order chi connectivity index (χ0) is 28.2. The van der Waals surface area contributed by atoms with Gasteiger partial charge < -0.3 is 19.5 Å². The molecule has 37 heavy (non-hydrogen) atoms. The second-order valence-corrected chi connectivity index (χ2v) is 12.5. The molecule has 0 unspecified atom stereocenters. The maximum absolute atomic E-state index is 13.2. The molecule has 1 aromatic carbocycles. The summed E-state index contributed by atoms with van der Waals surface area (Å²) in [6.07, 6.45) is -0.357. The van der Waals surface area contributed by atoms with Crippen LogP contribution in [0.4, 0.5) is 14.0 Å². The third kappa shape index (κ3) is 10.7. The van der Waals surface area contributed by atoms with Crippen molar-refractivity contribution in [3.05, 3.63) is 35.6 Å². The van der Waals surface area contributed by atoms with E-state index in [1.807, 2.05) is 0 Å². The molecule has 0 heterocycles.